The van der Waals surface area contributed by atoms with E-state index in [4.69, 9.17) is 15.2 Å². The molecule has 0 spiro atoms. The van der Waals surface area contributed by atoms with Crippen LogP contribution in [-0.2, 0) is 0 Å². The minimum atomic E-state index is -0.460. The number of esters is 1. The molecule has 29 heavy (non-hydrogen) atoms. The first-order chi connectivity index (χ1) is 14.1. The number of hydrogen-bond acceptors (Lipinski definition) is 5. The minimum absolute atomic E-state index is 0.0529. The Morgan fingerprint density at radius 2 is 1.79 bits per heavy atom. The number of ether oxygens (including phenoxy) is 2. The van der Waals surface area contributed by atoms with Gasteiger partial charge in [-0.2, -0.15) is 5.26 Å². The summed E-state index contributed by atoms with van der Waals surface area (Å²) in [5.74, 6) is 0.0527. The van der Waals surface area contributed by atoms with Crippen LogP contribution in [0.3, 0.4) is 0 Å². The lowest BCUT2D eigenvalue weighted by molar-refractivity contribution is 0.0734. The first kappa shape index (κ1) is 18.3. The molecular formula is C24H18N2O3. The zero-order valence-electron chi connectivity index (χ0n) is 15.8. The van der Waals surface area contributed by atoms with E-state index >= 15 is 0 Å². The minimum Gasteiger partial charge on any atom is -0.440 e. The summed E-state index contributed by atoms with van der Waals surface area (Å²) in [4.78, 5) is 12.3. The zero-order chi connectivity index (χ0) is 20.4. The van der Waals surface area contributed by atoms with Crippen molar-refractivity contribution >= 4 is 5.97 Å². The smallest absolute Gasteiger partial charge is 0.343 e. The van der Waals surface area contributed by atoms with Crippen LogP contribution in [0.5, 0.6) is 11.5 Å². The summed E-state index contributed by atoms with van der Waals surface area (Å²) in [6.07, 6.45) is 0. The monoisotopic (exact) mass is 382 g/mol. The topological polar surface area (TPSA) is 85.3 Å². The number of hydrogen-bond donors (Lipinski definition) is 1. The number of allylic oxidation sites excluding steroid dienone is 1. The summed E-state index contributed by atoms with van der Waals surface area (Å²) in [5, 5.41) is 9.64. The molecule has 4 rings (SSSR count). The van der Waals surface area contributed by atoms with Crippen LogP contribution < -0.4 is 15.2 Å². The number of carbonyl (C=O) groups excluding carboxylic acids is 1. The summed E-state index contributed by atoms with van der Waals surface area (Å²) in [7, 11) is 0. The van der Waals surface area contributed by atoms with Crippen molar-refractivity contribution in [3.8, 4) is 17.6 Å². The fraction of sp³-hybridized carbons (Fsp3) is 0.0833. The summed E-state index contributed by atoms with van der Waals surface area (Å²) in [6, 6.07) is 24.0. The Morgan fingerprint density at radius 3 is 2.48 bits per heavy atom. The van der Waals surface area contributed by atoms with Crippen LogP contribution in [0.4, 0.5) is 0 Å². The van der Waals surface area contributed by atoms with Crippen molar-refractivity contribution in [1.82, 2.24) is 0 Å². The third-order valence-corrected chi connectivity index (χ3v) is 4.82. The normalized spacial score (nSPS) is 15.1. The largest absolute Gasteiger partial charge is 0.440 e. The Bertz CT molecular complexity index is 1140. The average molecular weight is 382 g/mol. The number of carbonyl (C=O) groups is 1. The van der Waals surface area contributed by atoms with Gasteiger partial charge in [-0.05, 0) is 30.7 Å². The van der Waals surface area contributed by atoms with Gasteiger partial charge < -0.3 is 15.2 Å². The van der Waals surface area contributed by atoms with Gasteiger partial charge in [-0.15, -0.1) is 0 Å². The van der Waals surface area contributed by atoms with Gasteiger partial charge in [-0.1, -0.05) is 54.1 Å². The molecule has 1 unspecified atom stereocenters. The second-order valence-electron chi connectivity index (χ2n) is 6.79. The predicted octanol–water partition coefficient (Wildman–Crippen LogP) is 4.43. The van der Waals surface area contributed by atoms with E-state index in [1.807, 2.05) is 37.3 Å². The van der Waals surface area contributed by atoms with Crippen molar-refractivity contribution in [2.45, 2.75) is 12.8 Å². The van der Waals surface area contributed by atoms with Crippen LogP contribution in [0.15, 0.2) is 84.3 Å². The number of fused-ring (bicyclic) bond motifs is 1. The molecule has 0 fully saturated rings. The van der Waals surface area contributed by atoms with Gasteiger partial charge in [0.15, 0.2) is 0 Å². The van der Waals surface area contributed by atoms with Crippen molar-refractivity contribution in [2.24, 2.45) is 5.73 Å². The van der Waals surface area contributed by atoms with Crippen LogP contribution in [0.25, 0.3) is 0 Å². The highest BCUT2D eigenvalue weighted by Crippen LogP contribution is 2.43. The van der Waals surface area contributed by atoms with E-state index in [1.54, 1.807) is 42.5 Å². The molecule has 1 atom stereocenters. The second-order valence-corrected chi connectivity index (χ2v) is 6.79. The van der Waals surface area contributed by atoms with E-state index in [0.29, 0.717) is 22.6 Å². The first-order valence-electron chi connectivity index (χ1n) is 9.12. The van der Waals surface area contributed by atoms with E-state index in [2.05, 4.69) is 6.07 Å². The zero-order valence-corrected chi connectivity index (χ0v) is 15.8. The highest BCUT2D eigenvalue weighted by Gasteiger charge is 2.31. The Labute approximate surface area is 168 Å². The van der Waals surface area contributed by atoms with Gasteiger partial charge in [0.1, 0.15) is 23.1 Å². The molecule has 0 saturated carbocycles. The molecule has 0 amide bonds. The van der Waals surface area contributed by atoms with Crippen LogP contribution in [0.1, 0.15) is 33.0 Å². The van der Waals surface area contributed by atoms with Crippen molar-refractivity contribution in [2.75, 3.05) is 0 Å². The molecule has 5 nitrogen and oxygen atoms in total. The second kappa shape index (κ2) is 7.53. The van der Waals surface area contributed by atoms with Crippen LogP contribution in [0, 0.1) is 18.3 Å². The lowest BCUT2D eigenvalue weighted by Gasteiger charge is -2.26. The Balaban J connectivity index is 1.70. The first-order valence-corrected chi connectivity index (χ1v) is 9.12. The Kier molecular flexibility index (Phi) is 4.76. The van der Waals surface area contributed by atoms with Gasteiger partial charge in [0.2, 0.25) is 5.88 Å². The van der Waals surface area contributed by atoms with E-state index in [9.17, 15) is 10.1 Å². The molecule has 0 aromatic heterocycles. The number of benzene rings is 3. The maximum atomic E-state index is 12.3. The van der Waals surface area contributed by atoms with E-state index in [0.717, 1.165) is 16.7 Å². The third kappa shape index (κ3) is 3.56. The highest BCUT2D eigenvalue weighted by molar-refractivity contribution is 5.91. The molecule has 3 aromatic rings. The van der Waals surface area contributed by atoms with Crippen molar-refractivity contribution in [1.29, 1.82) is 5.26 Å². The molecule has 1 heterocycles. The maximum Gasteiger partial charge on any atom is 0.343 e. The van der Waals surface area contributed by atoms with Gasteiger partial charge in [-0.3, -0.25) is 0 Å². The highest BCUT2D eigenvalue weighted by atomic mass is 16.5. The quantitative estimate of drug-likeness (QED) is 0.535. The summed E-state index contributed by atoms with van der Waals surface area (Å²) >= 11 is 0. The summed E-state index contributed by atoms with van der Waals surface area (Å²) in [6.45, 7) is 2.00. The average Bonchev–Trinajstić information content (AvgIpc) is 2.74. The maximum absolute atomic E-state index is 12.3. The number of nitrogens with zero attached hydrogens (tertiary/aromatic N) is 1. The molecule has 0 bridgehead atoms. The van der Waals surface area contributed by atoms with Crippen LogP contribution in [-0.4, -0.2) is 5.97 Å². The van der Waals surface area contributed by atoms with E-state index in [-0.39, 0.29) is 11.8 Å². The number of nitriles is 1. The molecule has 5 heteroatoms. The molecule has 142 valence electrons. The Morgan fingerprint density at radius 1 is 1.07 bits per heavy atom. The van der Waals surface area contributed by atoms with E-state index in [1.165, 1.54) is 0 Å². The molecule has 1 aliphatic heterocycles. The predicted molar refractivity (Wildman–Crippen MR) is 108 cm³/mol. The molecule has 0 saturated heterocycles. The van der Waals surface area contributed by atoms with Crippen molar-refractivity contribution in [3.05, 3.63) is 107 Å². The Hall–Kier alpha value is -4.04. The standard InChI is InChI=1S/C24H18N2O3/c1-15-7-9-16(10-8-15)22-19-12-11-18(13-21(19)29-23(26)20(22)14-25)28-24(27)17-5-3-2-4-6-17/h2-13,22H,26H2,1H3. The van der Waals surface area contributed by atoms with Crippen molar-refractivity contribution < 1.29 is 14.3 Å². The summed E-state index contributed by atoms with van der Waals surface area (Å²) in [5.41, 5.74) is 9.70. The lowest BCUT2D eigenvalue weighted by atomic mass is 9.83. The molecule has 2 N–H and O–H groups in total. The number of aryl methyl sites for hydroxylation is 1. The fourth-order valence-corrected chi connectivity index (χ4v) is 3.34. The molecule has 0 radical (unpaired) electrons. The number of nitrogens with two attached hydrogens (primary N) is 1. The molecule has 0 aliphatic carbocycles. The van der Waals surface area contributed by atoms with Gasteiger partial charge in [-0.25, -0.2) is 4.79 Å². The molecule has 3 aromatic carbocycles. The molecular weight excluding hydrogens is 364 g/mol. The van der Waals surface area contributed by atoms with Crippen LogP contribution in [0.2, 0.25) is 0 Å². The van der Waals surface area contributed by atoms with Gasteiger partial charge in [0.25, 0.3) is 0 Å². The van der Waals surface area contributed by atoms with Gasteiger partial charge >= 0.3 is 5.97 Å². The van der Waals surface area contributed by atoms with E-state index < -0.39 is 5.97 Å². The van der Waals surface area contributed by atoms with Gasteiger partial charge in [0, 0.05) is 11.6 Å². The van der Waals surface area contributed by atoms with Crippen molar-refractivity contribution in [3.63, 3.8) is 0 Å². The third-order valence-electron chi connectivity index (χ3n) is 4.82. The SMILES string of the molecule is Cc1ccc(C2C(C#N)=C(N)Oc3cc(OC(=O)c4ccccc4)ccc32)cc1. The van der Waals surface area contributed by atoms with Gasteiger partial charge in [0.05, 0.1) is 11.5 Å². The number of rotatable bonds is 3. The lowest BCUT2D eigenvalue weighted by Crippen LogP contribution is -2.21. The fourth-order valence-electron chi connectivity index (χ4n) is 3.34. The summed E-state index contributed by atoms with van der Waals surface area (Å²) < 4.78 is 11.2. The molecule has 1 aliphatic rings. The van der Waals surface area contributed by atoms with Crippen LogP contribution >= 0.6 is 0 Å².